The summed E-state index contributed by atoms with van der Waals surface area (Å²) in [6.45, 7) is 4.13. The predicted molar refractivity (Wildman–Crippen MR) is 141 cm³/mol. The first-order chi connectivity index (χ1) is 16.5. The number of ether oxygens (including phenoxy) is 2. The zero-order valence-electron chi connectivity index (χ0n) is 19.8. The van der Waals surface area contributed by atoms with Crippen LogP contribution in [0.3, 0.4) is 0 Å². The summed E-state index contributed by atoms with van der Waals surface area (Å²) in [6.07, 6.45) is 0. The zero-order valence-corrected chi connectivity index (χ0v) is 20.7. The molecule has 1 atom stereocenters. The zero-order chi connectivity index (χ0) is 23.9. The molecule has 0 amide bonds. The molecule has 3 nitrogen and oxygen atoms in total. The van der Waals surface area contributed by atoms with Crippen molar-refractivity contribution in [2.24, 2.45) is 0 Å². The summed E-state index contributed by atoms with van der Waals surface area (Å²) in [6, 6.07) is 30.3. The molecule has 1 aliphatic rings. The normalized spacial score (nSPS) is 16.9. The summed E-state index contributed by atoms with van der Waals surface area (Å²) in [7, 11) is 0.178. The fourth-order valence-corrected chi connectivity index (χ4v) is 7.90. The minimum absolute atomic E-state index is 0.770. The quantitative estimate of drug-likeness (QED) is 0.312. The Morgan fingerprint density at radius 1 is 0.618 bits per heavy atom. The Hall–Kier alpha value is -3.55. The highest BCUT2D eigenvalue weighted by Gasteiger charge is 2.43. The van der Waals surface area contributed by atoms with E-state index in [0.29, 0.717) is 0 Å². The van der Waals surface area contributed by atoms with E-state index in [-0.39, 0.29) is 0 Å². The second kappa shape index (κ2) is 8.66. The first-order valence-corrected chi connectivity index (χ1v) is 13.0. The molecule has 0 aliphatic carbocycles. The Morgan fingerprint density at radius 3 is 1.71 bits per heavy atom. The number of methoxy groups -OCH3 is 2. The number of hydrogen-bond donors (Lipinski definition) is 0. The number of aryl methyl sites for hydroxylation is 2. The van der Waals surface area contributed by atoms with Crippen LogP contribution in [-0.2, 0) is 4.57 Å². The summed E-state index contributed by atoms with van der Waals surface area (Å²) in [5.41, 5.74) is 6.27. The van der Waals surface area contributed by atoms with E-state index >= 15 is 4.57 Å². The van der Waals surface area contributed by atoms with E-state index in [1.165, 1.54) is 0 Å². The minimum atomic E-state index is -3.14. The van der Waals surface area contributed by atoms with Crippen molar-refractivity contribution in [2.75, 3.05) is 14.2 Å². The van der Waals surface area contributed by atoms with Gasteiger partial charge in [0.25, 0.3) is 0 Å². The van der Waals surface area contributed by atoms with Crippen LogP contribution in [0.4, 0.5) is 0 Å². The smallest absolute Gasteiger partial charge is 0.172 e. The minimum Gasteiger partial charge on any atom is -0.497 e. The molecule has 0 radical (unpaired) electrons. The first kappa shape index (κ1) is 22.3. The second-order valence-electron chi connectivity index (χ2n) is 8.65. The molecule has 0 saturated carbocycles. The van der Waals surface area contributed by atoms with Crippen molar-refractivity contribution in [3.05, 3.63) is 119 Å². The fraction of sp³-hybridized carbons (Fsp3) is 0.133. The molecule has 0 N–H and O–H groups in total. The van der Waals surface area contributed by atoms with Gasteiger partial charge in [-0.15, -0.1) is 0 Å². The lowest BCUT2D eigenvalue weighted by molar-refractivity contribution is 0.414. The molecule has 4 aromatic rings. The SMILES string of the molecule is COc1ccc(C2=C(c3ccc(OC)cc3)P(=O)(c3ccc(C)cc3)c3ccc(C)cc32)cc1. The Bertz CT molecular complexity index is 1430. The van der Waals surface area contributed by atoms with Gasteiger partial charge in [0.05, 0.1) is 14.2 Å². The summed E-state index contributed by atoms with van der Waals surface area (Å²) in [4.78, 5) is 0. The number of benzene rings is 4. The van der Waals surface area contributed by atoms with Crippen LogP contribution in [0.25, 0.3) is 10.9 Å². The lowest BCUT2D eigenvalue weighted by Crippen LogP contribution is -2.16. The third kappa shape index (κ3) is 3.57. The van der Waals surface area contributed by atoms with Gasteiger partial charge < -0.3 is 14.0 Å². The molecule has 170 valence electrons. The average Bonchev–Trinajstić information content (AvgIpc) is 3.13. The van der Waals surface area contributed by atoms with Crippen molar-refractivity contribution in [3.8, 4) is 11.5 Å². The van der Waals surface area contributed by atoms with Gasteiger partial charge in [0.2, 0.25) is 0 Å². The molecule has 1 heterocycles. The van der Waals surface area contributed by atoms with E-state index in [4.69, 9.17) is 9.47 Å². The molecule has 4 aromatic carbocycles. The number of fused-ring (bicyclic) bond motifs is 1. The van der Waals surface area contributed by atoms with E-state index in [0.717, 1.165) is 60.8 Å². The van der Waals surface area contributed by atoms with E-state index in [1.807, 2.05) is 66.7 Å². The molecule has 1 aliphatic heterocycles. The Morgan fingerprint density at radius 2 is 1.15 bits per heavy atom. The van der Waals surface area contributed by atoms with Crippen molar-refractivity contribution < 1.29 is 14.0 Å². The van der Waals surface area contributed by atoms with Crippen LogP contribution in [0.2, 0.25) is 0 Å². The highest BCUT2D eigenvalue weighted by molar-refractivity contribution is 7.88. The van der Waals surface area contributed by atoms with E-state index in [9.17, 15) is 0 Å². The molecule has 0 fully saturated rings. The van der Waals surface area contributed by atoms with Crippen LogP contribution in [0.15, 0.2) is 91.0 Å². The van der Waals surface area contributed by atoms with Gasteiger partial charge in [-0.05, 0) is 60.9 Å². The monoisotopic (exact) mass is 466 g/mol. The third-order valence-electron chi connectivity index (χ3n) is 6.45. The second-order valence-corrected chi connectivity index (χ2v) is 11.3. The van der Waals surface area contributed by atoms with Crippen LogP contribution in [0.1, 0.15) is 27.8 Å². The van der Waals surface area contributed by atoms with Crippen LogP contribution >= 0.6 is 7.14 Å². The van der Waals surface area contributed by atoms with Crippen molar-refractivity contribution in [1.82, 2.24) is 0 Å². The van der Waals surface area contributed by atoms with Crippen LogP contribution in [-0.4, -0.2) is 14.2 Å². The lowest BCUT2D eigenvalue weighted by Gasteiger charge is -2.20. The van der Waals surface area contributed by atoms with Crippen molar-refractivity contribution in [1.29, 1.82) is 0 Å². The van der Waals surface area contributed by atoms with E-state index in [1.54, 1.807) is 14.2 Å². The third-order valence-corrected chi connectivity index (χ3v) is 9.66. The van der Waals surface area contributed by atoms with Gasteiger partial charge in [-0.1, -0.05) is 71.8 Å². The van der Waals surface area contributed by atoms with Crippen LogP contribution < -0.4 is 20.1 Å². The van der Waals surface area contributed by atoms with Crippen molar-refractivity contribution >= 4 is 28.6 Å². The van der Waals surface area contributed by atoms with Gasteiger partial charge in [0.1, 0.15) is 11.5 Å². The average molecular weight is 467 g/mol. The largest absolute Gasteiger partial charge is 0.497 e. The predicted octanol–water partition coefficient (Wildman–Crippen LogP) is 6.56. The summed E-state index contributed by atoms with van der Waals surface area (Å²) >= 11 is 0. The van der Waals surface area contributed by atoms with Crippen molar-refractivity contribution in [2.45, 2.75) is 13.8 Å². The lowest BCUT2D eigenvalue weighted by atomic mass is 9.94. The van der Waals surface area contributed by atoms with Gasteiger partial charge >= 0.3 is 0 Å². The maximum Gasteiger partial charge on any atom is 0.172 e. The van der Waals surface area contributed by atoms with Gasteiger partial charge in [-0.25, -0.2) is 0 Å². The van der Waals surface area contributed by atoms with Crippen molar-refractivity contribution in [3.63, 3.8) is 0 Å². The van der Waals surface area contributed by atoms with Crippen LogP contribution in [0, 0.1) is 13.8 Å². The molecular formula is C30H27O3P. The van der Waals surface area contributed by atoms with Gasteiger partial charge in [0.15, 0.2) is 7.14 Å². The summed E-state index contributed by atoms with van der Waals surface area (Å²) in [5.74, 6) is 1.56. The summed E-state index contributed by atoms with van der Waals surface area (Å²) in [5, 5.41) is 2.60. The topological polar surface area (TPSA) is 35.5 Å². The van der Waals surface area contributed by atoms with Gasteiger partial charge in [-0.3, -0.25) is 0 Å². The molecule has 0 spiro atoms. The Labute approximate surface area is 201 Å². The molecule has 1 unspecified atom stereocenters. The van der Waals surface area contributed by atoms with Gasteiger partial charge in [-0.2, -0.15) is 0 Å². The summed E-state index contributed by atoms with van der Waals surface area (Å²) < 4.78 is 26.1. The maximum atomic E-state index is 15.3. The first-order valence-electron chi connectivity index (χ1n) is 11.3. The molecular weight excluding hydrogens is 439 g/mol. The molecule has 34 heavy (non-hydrogen) atoms. The van der Waals surface area contributed by atoms with E-state index in [2.05, 4.69) is 38.1 Å². The Balaban J connectivity index is 1.88. The highest BCUT2D eigenvalue weighted by atomic mass is 31.2. The number of rotatable bonds is 5. The van der Waals surface area contributed by atoms with E-state index < -0.39 is 7.14 Å². The fourth-order valence-electron chi connectivity index (χ4n) is 4.68. The highest BCUT2D eigenvalue weighted by Crippen LogP contribution is 2.65. The molecule has 0 saturated heterocycles. The van der Waals surface area contributed by atoms with Gasteiger partial charge in [0, 0.05) is 21.5 Å². The maximum absolute atomic E-state index is 15.3. The number of hydrogen-bond acceptors (Lipinski definition) is 3. The molecule has 0 aromatic heterocycles. The Kier molecular flexibility index (Phi) is 5.67. The molecule has 5 rings (SSSR count). The van der Waals surface area contributed by atoms with Crippen LogP contribution in [0.5, 0.6) is 11.5 Å². The molecule has 4 heteroatoms. The standard InChI is InChI=1S/C30H27O3P/c1-20-5-16-26(17-6-20)34(31)28-18-7-21(2)19-27(28)29(22-8-12-24(32-3)13-9-22)30(34)23-10-14-25(33-4)15-11-23/h5-19H,1-4H3. The molecule has 0 bridgehead atoms.